The molecule has 41 heavy (non-hydrogen) atoms. The molecule has 1 aliphatic heterocycles. The number of ether oxygens (including phenoxy) is 3. The van der Waals surface area contributed by atoms with Crippen molar-refractivity contribution in [1.82, 2.24) is 4.90 Å². The largest absolute Gasteiger partial charge is 0.389 e. The normalized spacial score (nSPS) is 21.3. The van der Waals surface area contributed by atoms with Gasteiger partial charge in [-0.1, -0.05) is 139 Å². The summed E-state index contributed by atoms with van der Waals surface area (Å²) in [6.45, 7) is 8.34. The van der Waals surface area contributed by atoms with Gasteiger partial charge in [0.25, 0.3) is 0 Å². The molecule has 0 radical (unpaired) electrons. The van der Waals surface area contributed by atoms with Gasteiger partial charge in [0.2, 0.25) is 0 Å². The predicted octanol–water partition coefficient (Wildman–Crippen LogP) is 7.94. The summed E-state index contributed by atoms with van der Waals surface area (Å²) in [5.74, 6) is 0. The van der Waals surface area contributed by atoms with Crippen LogP contribution in [0.4, 0.5) is 0 Å². The third-order valence-corrected chi connectivity index (χ3v) is 8.27. The number of aliphatic hydroxyl groups excluding tert-OH is 1. The Labute approximate surface area is 250 Å². The van der Waals surface area contributed by atoms with Crippen LogP contribution in [0.5, 0.6) is 0 Å². The van der Waals surface area contributed by atoms with Gasteiger partial charge < -0.3 is 19.3 Å². The summed E-state index contributed by atoms with van der Waals surface area (Å²) in [6.07, 6.45) is 13.6. The Morgan fingerprint density at radius 1 is 0.659 bits per heavy atom. The number of piperidine rings is 1. The Kier molecular flexibility index (Phi) is 17.3. The van der Waals surface area contributed by atoms with E-state index in [1.165, 1.54) is 69.8 Å². The molecule has 0 saturated carbocycles. The number of unbranched alkanes of at least 4 members (excludes halogenated alkanes) is 10. The molecule has 0 spiro atoms. The zero-order valence-electron chi connectivity index (χ0n) is 25.9. The van der Waals surface area contributed by atoms with Crippen LogP contribution in [0.15, 0.2) is 60.7 Å². The Balaban J connectivity index is 1.68. The number of nitrogens with zero attached hydrogens (tertiary/aromatic N) is 1. The van der Waals surface area contributed by atoms with E-state index in [0.717, 1.165) is 24.9 Å². The van der Waals surface area contributed by atoms with Crippen molar-refractivity contribution in [3.63, 3.8) is 0 Å². The van der Waals surface area contributed by atoms with Gasteiger partial charge in [-0.2, -0.15) is 0 Å². The second-order valence-electron chi connectivity index (χ2n) is 11.8. The lowest BCUT2D eigenvalue weighted by Gasteiger charge is -2.47. The van der Waals surface area contributed by atoms with E-state index in [0.29, 0.717) is 33.0 Å². The van der Waals surface area contributed by atoms with E-state index < -0.39 is 6.10 Å². The van der Waals surface area contributed by atoms with Crippen LogP contribution in [0.2, 0.25) is 0 Å². The average Bonchev–Trinajstić information content (AvgIpc) is 3.00. The number of likely N-dealkylation sites (tertiary alicyclic amines) is 1. The summed E-state index contributed by atoms with van der Waals surface area (Å²) in [5, 5.41) is 11.4. The predicted molar refractivity (Wildman–Crippen MR) is 169 cm³/mol. The number of hydrogen-bond acceptors (Lipinski definition) is 5. The molecule has 0 aromatic heterocycles. The molecule has 0 amide bonds. The molecule has 3 rings (SSSR count). The lowest BCUT2D eigenvalue weighted by Crippen LogP contribution is -2.64. The second kappa shape index (κ2) is 21.0. The first-order valence-corrected chi connectivity index (χ1v) is 16.5. The molecule has 2 aromatic rings. The van der Waals surface area contributed by atoms with Gasteiger partial charge in [-0.05, 0) is 30.5 Å². The van der Waals surface area contributed by atoms with Crippen LogP contribution < -0.4 is 0 Å². The smallest absolute Gasteiger partial charge is 0.113 e. The molecule has 1 heterocycles. The van der Waals surface area contributed by atoms with Crippen LogP contribution >= 0.6 is 0 Å². The van der Waals surface area contributed by atoms with Gasteiger partial charge in [0.1, 0.15) is 12.2 Å². The van der Waals surface area contributed by atoms with Crippen LogP contribution in [0, 0.1) is 0 Å². The highest BCUT2D eigenvalue weighted by Crippen LogP contribution is 2.27. The SMILES string of the molecule is CCCCCCCCO[C@H]1[C@H](OCc2ccccc2)[C@@H](O)CN(CCCCCCCC)[C@@H]1COCc1ccccc1. The van der Waals surface area contributed by atoms with E-state index in [-0.39, 0.29) is 18.2 Å². The highest BCUT2D eigenvalue weighted by Gasteiger charge is 2.44. The van der Waals surface area contributed by atoms with Gasteiger partial charge in [-0.25, -0.2) is 0 Å². The van der Waals surface area contributed by atoms with E-state index in [4.69, 9.17) is 14.2 Å². The van der Waals surface area contributed by atoms with Crippen LogP contribution in [0.3, 0.4) is 0 Å². The van der Waals surface area contributed by atoms with Gasteiger partial charge >= 0.3 is 0 Å². The molecule has 0 unspecified atom stereocenters. The summed E-state index contributed by atoms with van der Waals surface area (Å²) in [7, 11) is 0. The van der Waals surface area contributed by atoms with Crippen molar-refractivity contribution in [2.24, 2.45) is 0 Å². The summed E-state index contributed by atoms with van der Waals surface area (Å²) in [6, 6.07) is 20.6. The molecule has 1 N–H and O–H groups in total. The number of rotatable bonds is 22. The van der Waals surface area contributed by atoms with E-state index in [9.17, 15) is 5.11 Å². The van der Waals surface area contributed by atoms with Crippen molar-refractivity contribution in [3.05, 3.63) is 71.8 Å². The average molecular weight is 568 g/mol. The van der Waals surface area contributed by atoms with E-state index in [2.05, 4.69) is 55.1 Å². The lowest BCUT2D eigenvalue weighted by molar-refractivity contribution is -0.193. The van der Waals surface area contributed by atoms with Crippen LogP contribution in [-0.4, -0.2) is 60.7 Å². The maximum Gasteiger partial charge on any atom is 0.113 e. The molecule has 1 aliphatic rings. The van der Waals surface area contributed by atoms with Gasteiger partial charge in [0.05, 0.1) is 32.0 Å². The maximum absolute atomic E-state index is 11.4. The first-order valence-electron chi connectivity index (χ1n) is 16.5. The molecular weight excluding hydrogens is 510 g/mol. The highest BCUT2D eigenvalue weighted by molar-refractivity contribution is 5.14. The quantitative estimate of drug-likeness (QED) is 0.146. The zero-order valence-corrected chi connectivity index (χ0v) is 25.9. The number of hydrogen-bond donors (Lipinski definition) is 1. The zero-order chi connectivity index (χ0) is 29.0. The molecule has 0 aliphatic carbocycles. The van der Waals surface area contributed by atoms with Crippen molar-refractivity contribution >= 4 is 0 Å². The molecular formula is C36H57NO4. The molecule has 230 valence electrons. The third-order valence-electron chi connectivity index (χ3n) is 8.27. The van der Waals surface area contributed by atoms with E-state index in [1.54, 1.807) is 0 Å². The summed E-state index contributed by atoms with van der Waals surface area (Å²) >= 11 is 0. The van der Waals surface area contributed by atoms with Crippen LogP contribution in [0.1, 0.15) is 102 Å². The van der Waals surface area contributed by atoms with Gasteiger partial charge in [0, 0.05) is 13.2 Å². The number of benzene rings is 2. The fourth-order valence-corrected chi connectivity index (χ4v) is 5.83. The molecule has 0 bridgehead atoms. The van der Waals surface area contributed by atoms with Crippen LogP contribution in [-0.2, 0) is 27.4 Å². The minimum Gasteiger partial charge on any atom is -0.389 e. The summed E-state index contributed by atoms with van der Waals surface area (Å²) in [5.41, 5.74) is 2.29. The molecule has 1 saturated heterocycles. The van der Waals surface area contributed by atoms with Crippen molar-refractivity contribution < 1.29 is 19.3 Å². The third kappa shape index (κ3) is 13.0. The van der Waals surface area contributed by atoms with Gasteiger partial charge in [-0.3, -0.25) is 4.90 Å². The van der Waals surface area contributed by atoms with Gasteiger partial charge in [-0.15, -0.1) is 0 Å². The Hall–Kier alpha value is -1.76. The summed E-state index contributed by atoms with van der Waals surface area (Å²) < 4.78 is 19.5. The standard InChI is InChI=1S/C36H57NO4/c1-3-5-7-9-11-19-25-37-27-34(38)36(41-29-32-23-17-14-18-24-32)35(40-26-20-12-10-8-6-4-2)33(37)30-39-28-31-21-15-13-16-22-31/h13-18,21-24,33-36,38H,3-12,19-20,25-30H2,1-2H3/t33-,34+,35-,36-/m1/s1. The monoisotopic (exact) mass is 567 g/mol. The Bertz CT molecular complexity index is 880. The minimum absolute atomic E-state index is 0.0404. The first kappa shape index (κ1) is 33.7. The minimum atomic E-state index is -0.598. The van der Waals surface area contributed by atoms with Crippen molar-refractivity contribution in [2.75, 3.05) is 26.3 Å². The molecule has 4 atom stereocenters. The fraction of sp³-hybridized carbons (Fsp3) is 0.667. The lowest BCUT2D eigenvalue weighted by atomic mass is 9.93. The summed E-state index contributed by atoms with van der Waals surface area (Å²) in [4.78, 5) is 2.42. The molecule has 1 fully saturated rings. The molecule has 5 heteroatoms. The Morgan fingerprint density at radius 2 is 1.22 bits per heavy atom. The maximum atomic E-state index is 11.4. The van der Waals surface area contributed by atoms with Crippen molar-refractivity contribution in [3.8, 4) is 0 Å². The highest BCUT2D eigenvalue weighted by atomic mass is 16.6. The Morgan fingerprint density at radius 3 is 1.85 bits per heavy atom. The first-order chi connectivity index (χ1) is 20.2. The number of β-amino-alcohol motifs (C(OH)–C–C–N with tert-alkyl or cyclic N) is 1. The topological polar surface area (TPSA) is 51.2 Å². The second-order valence-corrected chi connectivity index (χ2v) is 11.8. The van der Waals surface area contributed by atoms with Gasteiger partial charge in [0.15, 0.2) is 0 Å². The fourth-order valence-electron chi connectivity index (χ4n) is 5.83. The van der Waals surface area contributed by atoms with E-state index in [1.807, 2.05) is 24.3 Å². The van der Waals surface area contributed by atoms with Crippen molar-refractivity contribution in [1.29, 1.82) is 0 Å². The number of aliphatic hydroxyl groups is 1. The molecule has 5 nitrogen and oxygen atoms in total. The van der Waals surface area contributed by atoms with Crippen molar-refractivity contribution in [2.45, 2.75) is 128 Å². The van der Waals surface area contributed by atoms with Crippen LogP contribution in [0.25, 0.3) is 0 Å². The van der Waals surface area contributed by atoms with E-state index >= 15 is 0 Å². The molecule has 2 aromatic carbocycles.